The first-order valence-electron chi connectivity index (χ1n) is 9.63. The highest BCUT2D eigenvalue weighted by Crippen LogP contribution is 2.20. The number of hydrogen-bond acceptors (Lipinski definition) is 4. The molecule has 0 unspecified atom stereocenters. The lowest BCUT2D eigenvalue weighted by molar-refractivity contribution is 0.171. The first-order chi connectivity index (χ1) is 13.6. The number of phenolic OH excluding ortho intramolecular Hbond substituents is 1. The predicted octanol–water partition coefficient (Wildman–Crippen LogP) is 3.37. The summed E-state index contributed by atoms with van der Waals surface area (Å²) in [6, 6.07) is 13.4. The van der Waals surface area contributed by atoms with Crippen molar-refractivity contribution in [3.05, 3.63) is 59.2 Å². The smallest absolute Gasteiger partial charge is 0.191 e. The normalized spacial score (nSPS) is 11.3. The lowest BCUT2D eigenvalue weighted by Gasteiger charge is -2.15. The number of aliphatic imine (C=N–C) groups is 1. The quantitative estimate of drug-likeness (QED) is 0.332. The van der Waals surface area contributed by atoms with Gasteiger partial charge < -0.3 is 25.2 Å². The molecule has 0 heterocycles. The molecule has 0 saturated carbocycles. The fraction of sp³-hybridized carbons (Fsp3) is 0.409. The van der Waals surface area contributed by atoms with Gasteiger partial charge in [0.25, 0.3) is 0 Å². The summed E-state index contributed by atoms with van der Waals surface area (Å²) in [6.45, 7) is 7.24. The Morgan fingerprint density at radius 3 is 2.71 bits per heavy atom. The van der Waals surface area contributed by atoms with Gasteiger partial charge in [-0.2, -0.15) is 0 Å². The molecule has 0 bridgehead atoms. The first-order valence-corrected chi connectivity index (χ1v) is 9.63. The van der Waals surface area contributed by atoms with Crippen LogP contribution >= 0.6 is 0 Å². The SMILES string of the molecule is CCNC(=NCc1cccc(O)c1)NCc1ccc(C)cc1OCCCOC. The van der Waals surface area contributed by atoms with E-state index in [4.69, 9.17) is 9.47 Å². The molecule has 0 aliphatic rings. The van der Waals surface area contributed by atoms with Gasteiger partial charge in [0.1, 0.15) is 11.5 Å². The number of guanidine groups is 1. The Labute approximate surface area is 167 Å². The molecule has 0 aliphatic heterocycles. The average Bonchev–Trinajstić information content (AvgIpc) is 2.68. The first kappa shape index (κ1) is 21.6. The van der Waals surface area contributed by atoms with Gasteiger partial charge >= 0.3 is 0 Å². The number of hydrogen-bond donors (Lipinski definition) is 3. The molecule has 0 fully saturated rings. The van der Waals surface area contributed by atoms with Gasteiger partial charge in [-0.15, -0.1) is 0 Å². The molecular formula is C22H31N3O3. The molecule has 0 atom stereocenters. The maximum absolute atomic E-state index is 9.59. The molecule has 2 aromatic carbocycles. The van der Waals surface area contributed by atoms with Crippen molar-refractivity contribution in [2.75, 3.05) is 26.9 Å². The van der Waals surface area contributed by atoms with E-state index in [0.717, 1.165) is 41.4 Å². The van der Waals surface area contributed by atoms with Gasteiger partial charge in [-0.1, -0.05) is 24.3 Å². The Balaban J connectivity index is 2.01. The van der Waals surface area contributed by atoms with Crippen molar-refractivity contribution in [3.63, 3.8) is 0 Å². The summed E-state index contributed by atoms with van der Waals surface area (Å²) < 4.78 is 11.0. The number of ether oxygens (including phenoxy) is 2. The molecule has 152 valence electrons. The van der Waals surface area contributed by atoms with Crippen LogP contribution < -0.4 is 15.4 Å². The Morgan fingerprint density at radius 1 is 1.11 bits per heavy atom. The lowest BCUT2D eigenvalue weighted by atomic mass is 10.1. The van der Waals surface area contributed by atoms with Crippen LogP contribution in [0.4, 0.5) is 0 Å². The number of phenols is 1. The van der Waals surface area contributed by atoms with Crippen molar-refractivity contribution in [2.24, 2.45) is 4.99 Å². The molecule has 0 aromatic heterocycles. The molecule has 0 saturated heterocycles. The van der Waals surface area contributed by atoms with E-state index >= 15 is 0 Å². The lowest BCUT2D eigenvalue weighted by Crippen LogP contribution is -2.36. The third-order valence-electron chi connectivity index (χ3n) is 4.09. The van der Waals surface area contributed by atoms with Crippen molar-refractivity contribution in [1.29, 1.82) is 0 Å². The number of aryl methyl sites for hydroxylation is 1. The average molecular weight is 386 g/mol. The zero-order valence-electron chi connectivity index (χ0n) is 17.0. The third kappa shape index (κ3) is 7.48. The van der Waals surface area contributed by atoms with Gasteiger partial charge in [-0.05, 0) is 43.2 Å². The fourth-order valence-electron chi connectivity index (χ4n) is 2.67. The Morgan fingerprint density at radius 2 is 1.96 bits per heavy atom. The van der Waals surface area contributed by atoms with E-state index in [-0.39, 0.29) is 5.75 Å². The standard InChI is InChI=1S/C22H31N3O3/c1-4-23-22(24-15-18-7-5-8-20(26)14-18)25-16-19-10-9-17(2)13-21(19)28-12-6-11-27-3/h5,7-10,13-14,26H,4,6,11-12,15-16H2,1-3H3,(H2,23,24,25). The van der Waals surface area contributed by atoms with Crippen molar-refractivity contribution in [1.82, 2.24) is 10.6 Å². The van der Waals surface area contributed by atoms with Gasteiger partial charge in [-0.3, -0.25) is 0 Å². The van der Waals surface area contributed by atoms with Gasteiger partial charge in [0.05, 0.1) is 13.2 Å². The van der Waals surface area contributed by atoms with Crippen LogP contribution in [0.1, 0.15) is 30.0 Å². The van der Waals surface area contributed by atoms with E-state index in [1.54, 1.807) is 19.2 Å². The minimum Gasteiger partial charge on any atom is -0.508 e. The summed E-state index contributed by atoms with van der Waals surface area (Å²) in [4.78, 5) is 4.60. The van der Waals surface area contributed by atoms with Crippen LogP contribution in [0.15, 0.2) is 47.5 Å². The van der Waals surface area contributed by atoms with E-state index in [9.17, 15) is 5.11 Å². The van der Waals surface area contributed by atoms with Crippen molar-refractivity contribution < 1.29 is 14.6 Å². The Hall–Kier alpha value is -2.73. The Kier molecular flexibility index (Phi) is 9.15. The summed E-state index contributed by atoms with van der Waals surface area (Å²) in [5.41, 5.74) is 3.19. The molecule has 2 rings (SSSR count). The molecule has 6 heteroatoms. The van der Waals surface area contributed by atoms with Crippen LogP contribution in [0.25, 0.3) is 0 Å². The summed E-state index contributed by atoms with van der Waals surface area (Å²) in [7, 11) is 1.69. The second kappa shape index (κ2) is 11.9. The van der Waals surface area contributed by atoms with E-state index < -0.39 is 0 Å². The van der Waals surface area contributed by atoms with Gasteiger partial charge in [-0.25, -0.2) is 4.99 Å². The molecule has 0 spiro atoms. The molecule has 0 aliphatic carbocycles. The maximum atomic E-state index is 9.59. The van der Waals surface area contributed by atoms with Crippen LogP contribution in [0, 0.1) is 6.92 Å². The molecule has 28 heavy (non-hydrogen) atoms. The molecule has 0 radical (unpaired) electrons. The summed E-state index contributed by atoms with van der Waals surface area (Å²) >= 11 is 0. The van der Waals surface area contributed by atoms with Crippen molar-refractivity contribution in [3.8, 4) is 11.5 Å². The van der Waals surface area contributed by atoms with Crippen LogP contribution in [0.5, 0.6) is 11.5 Å². The van der Waals surface area contributed by atoms with Crippen LogP contribution in [0.2, 0.25) is 0 Å². The largest absolute Gasteiger partial charge is 0.508 e. The number of rotatable bonds is 10. The summed E-state index contributed by atoms with van der Waals surface area (Å²) in [6.07, 6.45) is 0.853. The zero-order valence-corrected chi connectivity index (χ0v) is 17.0. The number of methoxy groups -OCH3 is 1. The summed E-state index contributed by atoms with van der Waals surface area (Å²) in [5.74, 6) is 1.85. The van der Waals surface area contributed by atoms with Crippen LogP contribution in [0.3, 0.4) is 0 Å². The molecule has 3 N–H and O–H groups in total. The third-order valence-corrected chi connectivity index (χ3v) is 4.09. The predicted molar refractivity (Wildman–Crippen MR) is 113 cm³/mol. The number of aromatic hydroxyl groups is 1. The van der Waals surface area contributed by atoms with Gasteiger partial charge in [0.2, 0.25) is 0 Å². The van der Waals surface area contributed by atoms with Crippen molar-refractivity contribution in [2.45, 2.75) is 33.4 Å². The van der Waals surface area contributed by atoms with Crippen LogP contribution in [-0.2, 0) is 17.8 Å². The van der Waals surface area contributed by atoms with E-state index in [1.165, 1.54) is 0 Å². The second-order valence-electron chi connectivity index (χ2n) is 6.52. The molecule has 0 amide bonds. The monoisotopic (exact) mass is 385 g/mol. The minimum absolute atomic E-state index is 0.251. The highest BCUT2D eigenvalue weighted by molar-refractivity contribution is 5.79. The Bertz CT molecular complexity index is 762. The second-order valence-corrected chi connectivity index (χ2v) is 6.52. The van der Waals surface area contributed by atoms with Crippen LogP contribution in [-0.4, -0.2) is 37.9 Å². The topological polar surface area (TPSA) is 75.1 Å². The maximum Gasteiger partial charge on any atom is 0.191 e. The minimum atomic E-state index is 0.251. The van der Waals surface area contributed by atoms with E-state index in [0.29, 0.717) is 26.3 Å². The summed E-state index contributed by atoms with van der Waals surface area (Å²) in [5, 5.41) is 16.2. The highest BCUT2D eigenvalue weighted by atomic mass is 16.5. The van der Waals surface area contributed by atoms with E-state index in [1.807, 2.05) is 19.1 Å². The van der Waals surface area contributed by atoms with Gasteiger partial charge in [0, 0.05) is 38.8 Å². The molecule has 6 nitrogen and oxygen atoms in total. The molecule has 2 aromatic rings. The fourth-order valence-corrected chi connectivity index (χ4v) is 2.67. The number of nitrogens with one attached hydrogen (secondary N) is 2. The van der Waals surface area contributed by atoms with Crippen molar-refractivity contribution >= 4 is 5.96 Å². The zero-order chi connectivity index (χ0) is 20.2. The number of nitrogens with zero attached hydrogens (tertiary/aromatic N) is 1. The molecular weight excluding hydrogens is 354 g/mol. The van der Waals surface area contributed by atoms with E-state index in [2.05, 4.69) is 40.7 Å². The van der Waals surface area contributed by atoms with Gasteiger partial charge in [0.15, 0.2) is 5.96 Å². The number of benzene rings is 2. The highest BCUT2D eigenvalue weighted by Gasteiger charge is 2.06.